The van der Waals surface area contributed by atoms with Crippen molar-refractivity contribution >= 4 is 15.9 Å². The third-order valence-corrected chi connectivity index (χ3v) is 2.83. The highest BCUT2D eigenvalue weighted by Gasteiger charge is 2.09. The lowest BCUT2D eigenvalue weighted by Crippen LogP contribution is -1.76. The monoisotopic (exact) mass is 290 g/mol. The molecule has 0 radical (unpaired) electrons. The summed E-state index contributed by atoms with van der Waals surface area (Å²) in [6.07, 6.45) is 0. The molecule has 0 amide bonds. The maximum atomic E-state index is 5.65. The second-order valence-corrected chi connectivity index (χ2v) is 4.32. The van der Waals surface area contributed by atoms with E-state index < -0.39 is 0 Å². The number of rotatable bonds is 2. The Bertz CT molecular complexity index is 615. The molecule has 0 fully saturated rings. The Hall–Kier alpha value is -1.95. The molecule has 0 saturated heterocycles. The van der Waals surface area contributed by atoms with Crippen LogP contribution in [0.3, 0.4) is 0 Å². The van der Waals surface area contributed by atoms with Crippen LogP contribution < -0.4 is 0 Å². The topological polar surface area (TPSA) is 67.6 Å². The van der Waals surface area contributed by atoms with Gasteiger partial charge in [-0.3, -0.25) is 0 Å². The van der Waals surface area contributed by atoms with Gasteiger partial charge >= 0.3 is 0 Å². The quantitative estimate of drug-likeness (QED) is 0.788. The number of furan rings is 1. The second kappa shape index (κ2) is 4.14. The number of hydrogen-bond acceptors (Lipinski definition) is 4. The van der Waals surface area contributed by atoms with E-state index in [2.05, 4.69) is 36.6 Å². The Morgan fingerprint density at radius 1 is 1.00 bits per heavy atom. The van der Waals surface area contributed by atoms with Crippen LogP contribution in [0.1, 0.15) is 0 Å². The zero-order chi connectivity index (χ0) is 11.7. The summed E-state index contributed by atoms with van der Waals surface area (Å²) >= 11 is 3.39. The predicted octanol–water partition coefficient (Wildman–Crippen LogP) is 2.89. The summed E-state index contributed by atoms with van der Waals surface area (Å²) in [7, 11) is 0. The summed E-state index contributed by atoms with van der Waals surface area (Å²) in [6, 6.07) is 11.6. The summed E-state index contributed by atoms with van der Waals surface area (Å²) in [4.78, 5) is 0. The standard InChI is InChI=1S/C11H7BrN4O/c12-8-3-1-7(2-4-8)9-5-6-10(17-9)11-13-15-16-14-11/h1-6H,(H,13,14,15,16). The number of benzene rings is 1. The highest BCUT2D eigenvalue weighted by atomic mass is 79.9. The molecular formula is C11H7BrN4O. The molecule has 6 heteroatoms. The van der Waals surface area contributed by atoms with Crippen LogP contribution in [0, 0.1) is 0 Å². The van der Waals surface area contributed by atoms with Gasteiger partial charge in [-0.05, 0) is 29.5 Å². The van der Waals surface area contributed by atoms with Gasteiger partial charge in [0.15, 0.2) is 5.76 Å². The first-order valence-electron chi connectivity index (χ1n) is 4.92. The normalized spacial score (nSPS) is 10.6. The van der Waals surface area contributed by atoms with E-state index >= 15 is 0 Å². The van der Waals surface area contributed by atoms with Crippen LogP contribution in [0.15, 0.2) is 45.3 Å². The lowest BCUT2D eigenvalue weighted by molar-refractivity contribution is 0.592. The molecule has 0 aliphatic heterocycles. The number of tetrazole rings is 1. The minimum atomic E-state index is 0.452. The molecule has 0 aliphatic carbocycles. The molecular weight excluding hydrogens is 284 g/mol. The average molecular weight is 291 g/mol. The summed E-state index contributed by atoms with van der Waals surface area (Å²) in [5.41, 5.74) is 1.00. The van der Waals surface area contributed by atoms with E-state index in [-0.39, 0.29) is 0 Å². The molecule has 0 saturated carbocycles. The first kappa shape index (κ1) is 10.2. The molecule has 17 heavy (non-hydrogen) atoms. The molecule has 2 aromatic heterocycles. The molecule has 3 rings (SSSR count). The maximum absolute atomic E-state index is 5.65. The van der Waals surface area contributed by atoms with Gasteiger partial charge in [0.25, 0.3) is 0 Å². The third-order valence-electron chi connectivity index (χ3n) is 2.30. The Kier molecular flexibility index (Phi) is 2.49. The van der Waals surface area contributed by atoms with Gasteiger partial charge in [-0.1, -0.05) is 28.1 Å². The van der Waals surface area contributed by atoms with E-state index in [1.165, 1.54) is 0 Å². The molecule has 84 valence electrons. The van der Waals surface area contributed by atoms with Crippen LogP contribution in [0.5, 0.6) is 0 Å². The number of aromatic amines is 1. The third kappa shape index (κ3) is 1.99. The van der Waals surface area contributed by atoms with Crippen molar-refractivity contribution < 1.29 is 4.42 Å². The average Bonchev–Trinajstić information content (AvgIpc) is 3.00. The molecule has 0 unspecified atom stereocenters. The summed E-state index contributed by atoms with van der Waals surface area (Å²) in [5.74, 6) is 1.82. The number of nitrogens with zero attached hydrogens (tertiary/aromatic N) is 3. The van der Waals surface area contributed by atoms with Crippen LogP contribution in [0.4, 0.5) is 0 Å². The Morgan fingerprint density at radius 2 is 1.76 bits per heavy atom. The van der Waals surface area contributed by atoms with Crippen molar-refractivity contribution in [2.45, 2.75) is 0 Å². The van der Waals surface area contributed by atoms with E-state index in [1.807, 2.05) is 36.4 Å². The van der Waals surface area contributed by atoms with E-state index in [9.17, 15) is 0 Å². The van der Waals surface area contributed by atoms with Crippen molar-refractivity contribution in [2.24, 2.45) is 0 Å². The van der Waals surface area contributed by atoms with Crippen LogP contribution in [-0.2, 0) is 0 Å². The molecule has 0 atom stereocenters. The molecule has 1 N–H and O–H groups in total. The van der Waals surface area contributed by atoms with Gasteiger partial charge in [-0.2, -0.15) is 5.21 Å². The fourth-order valence-corrected chi connectivity index (χ4v) is 1.76. The number of aromatic nitrogens is 4. The summed E-state index contributed by atoms with van der Waals surface area (Å²) < 4.78 is 6.69. The lowest BCUT2D eigenvalue weighted by Gasteiger charge is -1.96. The molecule has 0 spiro atoms. The lowest BCUT2D eigenvalue weighted by atomic mass is 10.2. The first-order chi connectivity index (χ1) is 8.33. The van der Waals surface area contributed by atoms with Gasteiger partial charge in [-0.15, -0.1) is 10.2 Å². The van der Waals surface area contributed by atoms with Crippen LogP contribution in [-0.4, -0.2) is 20.6 Å². The minimum absolute atomic E-state index is 0.452. The van der Waals surface area contributed by atoms with E-state index in [4.69, 9.17) is 4.42 Å². The molecule has 3 aromatic rings. The molecule has 1 aromatic carbocycles. The smallest absolute Gasteiger partial charge is 0.239 e. The zero-order valence-corrected chi connectivity index (χ0v) is 10.2. The van der Waals surface area contributed by atoms with Crippen LogP contribution in [0.25, 0.3) is 22.9 Å². The zero-order valence-electron chi connectivity index (χ0n) is 8.59. The largest absolute Gasteiger partial charge is 0.453 e. The van der Waals surface area contributed by atoms with Gasteiger partial charge in [-0.25, -0.2) is 0 Å². The van der Waals surface area contributed by atoms with Gasteiger partial charge in [0.05, 0.1) is 0 Å². The number of halogens is 1. The fraction of sp³-hybridized carbons (Fsp3) is 0. The Balaban J connectivity index is 1.98. The van der Waals surface area contributed by atoms with Crippen molar-refractivity contribution in [1.29, 1.82) is 0 Å². The predicted molar refractivity (Wildman–Crippen MR) is 65.0 cm³/mol. The van der Waals surface area contributed by atoms with Crippen molar-refractivity contribution in [3.63, 3.8) is 0 Å². The highest BCUT2D eigenvalue weighted by Crippen LogP contribution is 2.27. The molecule has 0 aliphatic rings. The molecule has 2 heterocycles. The van der Waals surface area contributed by atoms with Gasteiger partial charge in [0.1, 0.15) is 5.76 Å². The number of hydrogen-bond donors (Lipinski definition) is 1. The minimum Gasteiger partial charge on any atom is -0.453 e. The maximum Gasteiger partial charge on any atom is 0.239 e. The van der Waals surface area contributed by atoms with Crippen LogP contribution >= 0.6 is 15.9 Å². The summed E-state index contributed by atoms with van der Waals surface area (Å²) in [5, 5.41) is 13.6. The van der Waals surface area contributed by atoms with Gasteiger partial charge < -0.3 is 4.42 Å². The Morgan fingerprint density at radius 3 is 2.47 bits per heavy atom. The molecule has 0 bridgehead atoms. The Labute approximate surface area is 105 Å². The SMILES string of the molecule is Brc1ccc(-c2ccc(-c3nn[nH]n3)o2)cc1. The van der Waals surface area contributed by atoms with Crippen molar-refractivity contribution in [3.8, 4) is 22.9 Å². The number of nitrogens with one attached hydrogen (secondary N) is 1. The highest BCUT2D eigenvalue weighted by molar-refractivity contribution is 9.10. The van der Waals surface area contributed by atoms with Crippen molar-refractivity contribution in [3.05, 3.63) is 40.9 Å². The van der Waals surface area contributed by atoms with Gasteiger partial charge in [0.2, 0.25) is 5.82 Å². The van der Waals surface area contributed by atoms with E-state index in [0.29, 0.717) is 11.6 Å². The van der Waals surface area contributed by atoms with Gasteiger partial charge in [0, 0.05) is 10.0 Å². The van der Waals surface area contributed by atoms with Crippen molar-refractivity contribution in [2.75, 3.05) is 0 Å². The fourth-order valence-electron chi connectivity index (χ4n) is 1.49. The second-order valence-electron chi connectivity index (χ2n) is 3.41. The molecule has 5 nitrogen and oxygen atoms in total. The van der Waals surface area contributed by atoms with Crippen LogP contribution in [0.2, 0.25) is 0 Å². The first-order valence-corrected chi connectivity index (χ1v) is 5.72. The van der Waals surface area contributed by atoms with Crippen molar-refractivity contribution in [1.82, 2.24) is 20.6 Å². The van der Waals surface area contributed by atoms with E-state index in [1.54, 1.807) is 0 Å². The number of H-pyrrole nitrogens is 1. The van der Waals surface area contributed by atoms with E-state index in [0.717, 1.165) is 15.8 Å². The summed E-state index contributed by atoms with van der Waals surface area (Å²) in [6.45, 7) is 0.